The number of hydrogen-bond donors (Lipinski definition) is 1. The highest BCUT2D eigenvalue weighted by atomic mass is 32.2. The largest absolute Gasteiger partial charge is 0.501 e. The maximum atomic E-state index is 13.0. The molecule has 1 N–H and O–H groups in total. The van der Waals surface area contributed by atoms with Crippen molar-refractivity contribution < 1.29 is 27.8 Å². The first-order valence-electron chi connectivity index (χ1n) is 8.15. The van der Waals surface area contributed by atoms with E-state index in [2.05, 4.69) is 4.98 Å². The Morgan fingerprint density at radius 2 is 2.08 bits per heavy atom. The molecule has 0 atom stereocenters. The van der Waals surface area contributed by atoms with Gasteiger partial charge < -0.3 is 14.6 Å². The molecule has 1 fully saturated rings. The number of aromatic nitrogens is 2. The number of ether oxygens (including phenoxy) is 2. The summed E-state index contributed by atoms with van der Waals surface area (Å²) in [4.78, 5) is 28.8. The molecule has 0 radical (unpaired) electrons. The average Bonchev–Trinajstić information content (AvgIpc) is 2.68. The highest BCUT2D eigenvalue weighted by molar-refractivity contribution is 7.92. The van der Waals surface area contributed by atoms with Crippen molar-refractivity contribution in [3.05, 3.63) is 21.9 Å². The maximum Gasteiger partial charge on any atom is 0.361 e. The lowest BCUT2D eigenvalue weighted by molar-refractivity contribution is 0.0511. The maximum absolute atomic E-state index is 13.0. The van der Waals surface area contributed by atoms with Crippen molar-refractivity contribution in [2.75, 3.05) is 25.6 Å². The van der Waals surface area contributed by atoms with Gasteiger partial charge in [-0.1, -0.05) is 0 Å². The molecule has 0 saturated carbocycles. The summed E-state index contributed by atoms with van der Waals surface area (Å²) in [6, 6.07) is 0. The first kappa shape index (κ1) is 17.9. The van der Waals surface area contributed by atoms with Gasteiger partial charge in [0, 0.05) is 19.8 Å². The van der Waals surface area contributed by atoms with Crippen LogP contribution in [-0.2, 0) is 30.6 Å². The molecule has 1 saturated heterocycles. The Labute approximate surface area is 144 Å². The summed E-state index contributed by atoms with van der Waals surface area (Å²) >= 11 is 0. The van der Waals surface area contributed by atoms with Crippen molar-refractivity contribution in [3.8, 4) is 5.75 Å². The van der Waals surface area contributed by atoms with E-state index in [0.29, 0.717) is 0 Å². The second-order valence-corrected chi connectivity index (χ2v) is 8.51. The quantitative estimate of drug-likeness (QED) is 0.717. The van der Waals surface area contributed by atoms with E-state index in [9.17, 15) is 23.1 Å². The zero-order chi connectivity index (χ0) is 18.2. The molecule has 138 valence electrons. The Kier molecular flexibility index (Phi) is 4.58. The summed E-state index contributed by atoms with van der Waals surface area (Å²) in [6.45, 7) is 2.15. The third-order valence-electron chi connectivity index (χ3n) is 4.71. The number of rotatable bonds is 2. The van der Waals surface area contributed by atoms with Gasteiger partial charge in [0.25, 0.3) is 5.56 Å². The highest BCUT2D eigenvalue weighted by Crippen LogP contribution is 2.41. The topological polar surface area (TPSA) is 125 Å². The van der Waals surface area contributed by atoms with Crippen molar-refractivity contribution in [2.45, 2.75) is 37.5 Å². The number of carbonyl (C=O) groups excluding carboxylic acids is 1. The molecular formula is C15H20N2O7S. The molecule has 1 aromatic rings. The molecule has 3 rings (SSSR count). The minimum Gasteiger partial charge on any atom is -0.501 e. The number of fused-ring (bicyclic) bond motifs is 2. The van der Waals surface area contributed by atoms with Crippen LogP contribution in [0.3, 0.4) is 0 Å². The van der Waals surface area contributed by atoms with Crippen molar-refractivity contribution in [1.82, 2.24) is 9.55 Å². The first-order chi connectivity index (χ1) is 11.8. The van der Waals surface area contributed by atoms with Crippen LogP contribution in [0.2, 0.25) is 0 Å². The second-order valence-electron chi connectivity index (χ2n) is 6.09. The summed E-state index contributed by atoms with van der Waals surface area (Å²) in [7, 11) is -3.62. The highest BCUT2D eigenvalue weighted by Gasteiger charge is 2.51. The van der Waals surface area contributed by atoms with Gasteiger partial charge in [0.05, 0.1) is 12.4 Å². The fraction of sp³-hybridized carbons (Fsp3) is 0.667. The van der Waals surface area contributed by atoms with Crippen LogP contribution in [0.4, 0.5) is 0 Å². The second kappa shape index (κ2) is 6.41. The van der Waals surface area contributed by atoms with Gasteiger partial charge in [0.1, 0.15) is 10.6 Å². The molecule has 3 heterocycles. The molecule has 0 amide bonds. The van der Waals surface area contributed by atoms with Crippen molar-refractivity contribution in [1.29, 1.82) is 0 Å². The SMILES string of the molecule is CCOC(=O)c1nc2n(c(=O)c1O)CCCS(=O)(=O)C21CCOCC1. The summed E-state index contributed by atoms with van der Waals surface area (Å²) in [6.07, 6.45) is 0.529. The Morgan fingerprint density at radius 3 is 2.72 bits per heavy atom. The van der Waals surface area contributed by atoms with Gasteiger partial charge in [-0.05, 0) is 26.2 Å². The van der Waals surface area contributed by atoms with Crippen LogP contribution < -0.4 is 5.56 Å². The number of nitrogens with zero attached hydrogens (tertiary/aromatic N) is 2. The van der Waals surface area contributed by atoms with Gasteiger partial charge in [0.2, 0.25) is 5.75 Å². The molecule has 9 nitrogen and oxygen atoms in total. The molecule has 0 aromatic carbocycles. The number of esters is 1. The van der Waals surface area contributed by atoms with Gasteiger partial charge in [-0.25, -0.2) is 18.2 Å². The predicted molar refractivity (Wildman–Crippen MR) is 86.3 cm³/mol. The fourth-order valence-corrected chi connectivity index (χ4v) is 5.55. The van der Waals surface area contributed by atoms with E-state index >= 15 is 0 Å². The molecule has 1 aromatic heterocycles. The summed E-state index contributed by atoms with van der Waals surface area (Å²) in [5.74, 6) is -1.86. The Morgan fingerprint density at radius 1 is 1.40 bits per heavy atom. The smallest absolute Gasteiger partial charge is 0.361 e. The van der Waals surface area contributed by atoms with E-state index in [1.165, 1.54) is 4.57 Å². The molecule has 0 bridgehead atoms. The monoisotopic (exact) mass is 372 g/mol. The van der Waals surface area contributed by atoms with Crippen molar-refractivity contribution in [3.63, 3.8) is 0 Å². The van der Waals surface area contributed by atoms with Crippen LogP contribution in [0, 0.1) is 0 Å². The zero-order valence-electron chi connectivity index (χ0n) is 13.9. The molecule has 10 heteroatoms. The fourth-order valence-electron chi connectivity index (χ4n) is 3.42. The van der Waals surface area contributed by atoms with Gasteiger partial charge >= 0.3 is 5.97 Å². The van der Waals surface area contributed by atoms with Gasteiger partial charge in [-0.15, -0.1) is 0 Å². The lowest BCUT2D eigenvalue weighted by atomic mass is 9.97. The van der Waals surface area contributed by atoms with Gasteiger partial charge in [-0.2, -0.15) is 0 Å². The molecule has 2 aliphatic rings. The van der Waals surface area contributed by atoms with Crippen molar-refractivity contribution in [2.24, 2.45) is 0 Å². The normalized spacial score (nSPS) is 21.3. The van der Waals surface area contributed by atoms with Crippen LogP contribution in [0.25, 0.3) is 0 Å². The Hall–Kier alpha value is -1.94. The van der Waals surface area contributed by atoms with Crippen LogP contribution in [0.1, 0.15) is 42.5 Å². The molecule has 25 heavy (non-hydrogen) atoms. The van der Waals surface area contributed by atoms with E-state index in [1.54, 1.807) is 6.92 Å². The minimum atomic E-state index is -3.62. The predicted octanol–water partition coefficient (Wildman–Crippen LogP) is -0.0502. The Balaban J connectivity index is 2.30. The standard InChI is InChI=1S/C15H20N2O7S/c1-2-24-13(20)10-11(18)12(19)17-6-3-9-25(21,22)15(14(17)16-10)4-7-23-8-5-15/h18H,2-9H2,1H3. The third-order valence-corrected chi connectivity index (χ3v) is 7.32. The molecule has 0 aliphatic carbocycles. The van der Waals surface area contributed by atoms with Gasteiger partial charge in [0.15, 0.2) is 15.5 Å². The van der Waals surface area contributed by atoms with Crippen LogP contribution >= 0.6 is 0 Å². The number of sulfone groups is 1. The van der Waals surface area contributed by atoms with Crippen LogP contribution in [-0.4, -0.2) is 54.6 Å². The van der Waals surface area contributed by atoms with Crippen LogP contribution in [0.15, 0.2) is 4.79 Å². The zero-order valence-corrected chi connectivity index (χ0v) is 14.7. The first-order valence-corrected chi connectivity index (χ1v) is 9.81. The summed E-state index contributed by atoms with van der Waals surface area (Å²) in [5, 5.41) is 10.1. The molecular weight excluding hydrogens is 352 g/mol. The van der Waals surface area contributed by atoms with Gasteiger partial charge in [-0.3, -0.25) is 9.36 Å². The lowest BCUT2D eigenvalue weighted by Gasteiger charge is -2.35. The molecule has 0 unspecified atom stereocenters. The Bertz CT molecular complexity index is 853. The van der Waals surface area contributed by atoms with E-state index < -0.39 is 37.6 Å². The minimum absolute atomic E-state index is 0.000784. The lowest BCUT2D eigenvalue weighted by Crippen LogP contribution is -2.45. The number of carbonyl (C=O) groups is 1. The number of hydrogen-bond acceptors (Lipinski definition) is 8. The van der Waals surface area contributed by atoms with E-state index in [1.807, 2.05) is 0 Å². The summed E-state index contributed by atoms with van der Waals surface area (Å²) < 4.78 is 35.8. The van der Waals surface area contributed by atoms with E-state index in [4.69, 9.17) is 9.47 Å². The van der Waals surface area contributed by atoms with E-state index in [0.717, 1.165) is 0 Å². The van der Waals surface area contributed by atoms with Crippen molar-refractivity contribution >= 4 is 15.8 Å². The van der Waals surface area contributed by atoms with E-state index in [-0.39, 0.29) is 57.2 Å². The third kappa shape index (κ3) is 2.73. The number of aromatic hydroxyl groups is 1. The summed E-state index contributed by atoms with van der Waals surface area (Å²) in [5.41, 5.74) is -1.36. The molecule has 1 spiro atoms. The van der Waals surface area contributed by atoms with Crippen LogP contribution in [0.5, 0.6) is 5.75 Å². The molecule has 2 aliphatic heterocycles. The average molecular weight is 372 g/mol.